The molecule has 1 heterocycles. The number of aliphatic carboxylic acids is 1. The van der Waals surface area contributed by atoms with E-state index >= 15 is 0 Å². The number of carboxylic acid groups (broad SMARTS) is 1. The maximum Gasteiger partial charge on any atom is 0.309 e. The number of rotatable bonds is 11. The highest BCUT2D eigenvalue weighted by atomic mass is 16.6. The summed E-state index contributed by atoms with van der Waals surface area (Å²) in [6, 6.07) is 9.24. The molecule has 8 fully saturated rings. The number of methoxy groups -OCH3 is 1. The molecule has 0 amide bonds. The Balaban J connectivity index is 1.11. The van der Waals surface area contributed by atoms with Crippen molar-refractivity contribution in [2.45, 2.75) is 207 Å². The molecular formula is C57H84O5. The fourth-order valence-corrected chi connectivity index (χ4v) is 19.7. The van der Waals surface area contributed by atoms with Crippen LogP contribution in [0.2, 0.25) is 0 Å². The third-order valence-electron chi connectivity index (χ3n) is 22.8. The van der Waals surface area contributed by atoms with Crippen LogP contribution < -0.4 is 0 Å². The summed E-state index contributed by atoms with van der Waals surface area (Å²) in [5.74, 6) is 10.6. The Labute approximate surface area is 376 Å². The zero-order valence-electron chi connectivity index (χ0n) is 39.9. The van der Waals surface area contributed by atoms with Crippen molar-refractivity contribution in [3.05, 3.63) is 35.4 Å². The summed E-state index contributed by atoms with van der Waals surface area (Å²) in [6.45, 7) is 13.3. The molecule has 7 saturated carbocycles. The van der Waals surface area contributed by atoms with Crippen LogP contribution in [0, 0.1) is 91.2 Å². The second-order valence-corrected chi connectivity index (χ2v) is 25.0. The third-order valence-corrected chi connectivity index (χ3v) is 22.8. The Morgan fingerprint density at radius 1 is 0.823 bits per heavy atom. The smallest absolute Gasteiger partial charge is 0.309 e. The molecule has 4 bridgehead atoms. The van der Waals surface area contributed by atoms with Gasteiger partial charge in [0, 0.05) is 36.7 Å². The minimum atomic E-state index is -1.07. The normalized spacial score (nSPS) is 49.2. The lowest BCUT2D eigenvalue weighted by Crippen LogP contribution is -2.78. The SMILES string of the molecule is CCC[C@H]1[C@]23CC[C@@]45C#CC[C@H](CCC6CCCCC6)CC[C@@]6(C[C@H]7CC[C@H](C[C@]1(O)O[C@H]2Cc1ccc(CCOC)cc1)C3[C@]74C)[C@@H]1C[C@](C)(C(=O)O)CC[C@@]1(C)CC[C@@]65C. The Kier molecular flexibility index (Phi) is 11.1. The maximum atomic E-state index is 13.3. The molecule has 1 unspecified atom stereocenters. The molecule has 1 aromatic rings. The molecule has 2 spiro atoms. The van der Waals surface area contributed by atoms with Gasteiger partial charge in [0.25, 0.3) is 0 Å². The van der Waals surface area contributed by atoms with Gasteiger partial charge in [0.05, 0.1) is 18.1 Å². The highest BCUT2D eigenvalue weighted by molar-refractivity contribution is 5.74. The van der Waals surface area contributed by atoms with E-state index in [1.54, 1.807) is 7.11 Å². The van der Waals surface area contributed by atoms with Crippen LogP contribution >= 0.6 is 0 Å². The molecule has 0 radical (unpaired) electrons. The van der Waals surface area contributed by atoms with Gasteiger partial charge in [-0.15, -0.1) is 5.92 Å². The monoisotopic (exact) mass is 849 g/mol. The van der Waals surface area contributed by atoms with Crippen molar-refractivity contribution in [3.8, 4) is 11.8 Å². The maximum absolute atomic E-state index is 13.3. The van der Waals surface area contributed by atoms with Gasteiger partial charge in [-0.05, 0) is 178 Å². The molecule has 8 aliphatic carbocycles. The molecule has 9 aliphatic rings. The fraction of sp³-hybridized carbons (Fsp3) is 0.842. The average molecular weight is 849 g/mol. The van der Waals surface area contributed by atoms with Crippen molar-refractivity contribution in [1.82, 2.24) is 0 Å². The van der Waals surface area contributed by atoms with Gasteiger partial charge in [0.1, 0.15) is 0 Å². The number of benzene rings is 1. The molecule has 10 rings (SSSR count). The predicted molar refractivity (Wildman–Crippen MR) is 247 cm³/mol. The second kappa shape index (κ2) is 15.6. The van der Waals surface area contributed by atoms with E-state index in [9.17, 15) is 15.0 Å². The molecule has 62 heavy (non-hydrogen) atoms. The quantitative estimate of drug-likeness (QED) is 0.217. The van der Waals surface area contributed by atoms with E-state index in [1.165, 1.54) is 101 Å². The summed E-state index contributed by atoms with van der Waals surface area (Å²) in [7, 11) is 1.78. The van der Waals surface area contributed by atoms with Crippen LogP contribution in [-0.4, -0.2) is 41.8 Å². The van der Waals surface area contributed by atoms with Gasteiger partial charge < -0.3 is 19.7 Å². The lowest BCUT2D eigenvalue weighted by Gasteiger charge is -2.82. The summed E-state index contributed by atoms with van der Waals surface area (Å²) in [5.41, 5.74) is 1.93. The van der Waals surface area contributed by atoms with Crippen LogP contribution in [0.5, 0.6) is 0 Å². The standard InChI is InChI=1S/C57H84O5/c1-7-12-45-56-33-32-55-26-11-15-40(17-16-39-13-9-8-10-14-39)24-27-54(46-38-51(3,49(58)59)29-28-50(46,2)30-31-52(54,55)4)37-44-23-22-43(48(56)53(44,55)5)36-57(45,60)62-47(56)35-42-20-18-41(19-21-42)25-34-61-6/h18-21,39-40,43-48,60H,7-10,12-17,22-25,27-38H2,1-6H3,(H,58,59)/t40-,43-,44-,45+,46-,47+,48?,50+,51-,52+,53+,54-,55-,56-,57+/m1/s1. The summed E-state index contributed by atoms with van der Waals surface area (Å²) in [6.07, 6.45) is 28.8. The highest BCUT2D eigenvalue weighted by Crippen LogP contribution is 2.88. The topological polar surface area (TPSA) is 76.0 Å². The number of carbonyl (C=O) groups is 1. The average Bonchev–Trinajstić information content (AvgIpc) is 3.41. The Morgan fingerprint density at radius 3 is 2.31 bits per heavy atom. The number of ether oxygens (including phenoxy) is 2. The fourth-order valence-electron chi connectivity index (χ4n) is 19.7. The van der Waals surface area contributed by atoms with Crippen molar-refractivity contribution in [2.75, 3.05) is 13.7 Å². The van der Waals surface area contributed by atoms with Crippen LogP contribution in [0.1, 0.15) is 193 Å². The highest BCUT2D eigenvalue weighted by Gasteiger charge is 2.85. The van der Waals surface area contributed by atoms with Gasteiger partial charge in [-0.1, -0.05) is 103 Å². The van der Waals surface area contributed by atoms with Gasteiger partial charge >= 0.3 is 5.97 Å². The molecular weight excluding hydrogens is 765 g/mol. The van der Waals surface area contributed by atoms with Crippen molar-refractivity contribution < 1.29 is 24.5 Å². The molecule has 15 atom stereocenters. The van der Waals surface area contributed by atoms with Gasteiger partial charge in [0.2, 0.25) is 0 Å². The first kappa shape index (κ1) is 44.0. The first-order chi connectivity index (χ1) is 29.7. The minimum absolute atomic E-state index is 0.0108. The van der Waals surface area contributed by atoms with Crippen LogP contribution in [0.4, 0.5) is 0 Å². The number of carboxylic acids is 1. The number of hydrogen-bond donors (Lipinski definition) is 2. The molecule has 5 heteroatoms. The molecule has 2 N–H and O–H groups in total. The summed E-state index contributed by atoms with van der Waals surface area (Å²) >= 11 is 0. The largest absolute Gasteiger partial charge is 0.481 e. The van der Waals surface area contributed by atoms with Crippen molar-refractivity contribution >= 4 is 5.97 Å². The van der Waals surface area contributed by atoms with Crippen molar-refractivity contribution in [2.24, 2.45) is 79.3 Å². The van der Waals surface area contributed by atoms with Gasteiger partial charge in [0.15, 0.2) is 5.79 Å². The number of hydrogen-bond acceptors (Lipinski definition) is 4. The van der Waals surface area contributed by atoms with E-state index in [1.807, 2.05) is 0 Å². The zero-order chi connectivity index (χ0) is 43.4. The van der Waals surface area contributed by atoms with E-state index in [4.69, 9.17) is 9.47 Å². The van der Waals surface area contributed by atoms with E-state index < -0.39 is 17.2 Å². The van der Waals surface area contributed by atoms with Crippen molar-refractivity contribution in [3.63, 3.8) is 0 Å². The minimum Gasteiger partial charge on any atom is -0.481 e. The Hall–Kier alpha value is -1.87. The van der Waals surface area contributed by atoms with Crippen LogP contribution in [-0.2, 0) is 27.1 Å². The summed E-state index contributed by atoms with van der Waals surface area (Å²) in [4.78, 5) is 13.3. The molecule has 342 valence electrons. The molecule has 1 saturated heterocycles. The molecule has 0 aromatic heterocycles. The Morgan fingerprint density at radius 2 is 1.56 bits per heavy atom. The molecule has 1 aliphatic heterocycles. The van der Waals surface area contributed by atoms with E-state index in [0.717, 1.165) is 83.2 Å². The second-order valence-electron chi connectivity index (χ2n) is 25.0. The molecule has 1 aromatic carbocycles. The van der Waals surface area contributed by atoms with E-state index in [0.29, 0.717) is 29.6 Å². The number of aliphatic hydroxyl groups is 1. The van der Waals surface area contributed by atoms with Gasteiger partial charge in [-0.2, -0.15) is 0 Å². The summed E-state index contributed by atoms with van der Waals surface area (Å²) in [5, 5.41) is 23.9. The third kappa shape index (κ3) is 6.12. The number of fused-ring (bicyclic) bond motifs is 2. The predicted octanol–water partition coefficient (Wildman–Crippen LogP) is 13.0. The van der Waals surface area contributed by atoms with Crippen LogP contribution in [0.3, 0.4) is 0 Å². The first-order valence-electron chi connectivity index (χ1n) is 26.4. The van der Waals surface area contributed by atoms with Gasteiger partial charge in [-0.3, -0.25) is 4.79 Å². The summed E-state index contributed by atoms with van der Waals surface area (Å²) < 4.78 is 12.7. The first-order valence-corrected chi connectivity index (χ1v) is 26.4. The Bertz CT molecular complexity index is 1910. The lowest BCUT2D eigenvalue weighted by atomic mass is 9.21. The molecule has 5 nitrogen and oxygen atoms in total. The van der Waals surface area contributed by atoms with E-state index in [-0.39, 0.29) is 44.5 Å². The van der Waals surface area contributed by atoms with E-state index in [2.05, 4.69) is 70.7 Å². The van der Waals surface area contributed by atoms with Crippen LogP contribution in [0.25, 0.3) is 0 Å². The van der Waals surface area contributed by atoms with Crippen molar-refractivity contribution in [1.29, 1.82) is 0 Å². The van der Waals surface area contributed by atoms with Gasteiger partial charge in [-0.25, -0.2) is 0 Å². The zero-order valence-corrected chi connectivity index (χ0v) is 39.9. The lowest BCUT2D eigenvalue weighted by molar-refractivity contribution is -0.338. The van der Waals surface area contributed by atoms with Crippen LogP contribution in [0.15, 0.2) is 24.3 Å².